The number of aliphatic hydroxyl groups is 1. The van der Waals surface area contributed by atoms with Crippen LogP contribution in [-0.2, 0) is 4.79 Å². The van der Waals surface area contributed by atoms with Crippen LogP contribution in [0.15, 0.2) is 11.3 Å². The number of hydrogen-bond acceptors (Lipinski definition) is 3. The predicted molar refractivity (Wildman–Crippen MR) is 42.0 cm³/mol. The second-order valence-corrected chi connectivity index (χ2v) is 3.27. The highest BCUT2D eigenvalue weighted by molar-refractivity contribution is 6.11. The first kappa shape index (κ1) is 8.27. The van der Waals surface area contributed by atoms with Crippen LogP contribution < -0.4 is 0 Å². The molecule has 0 aromatic heterocycles. The number of ketones is 1. The molecule has 0 fully saturated rings. The Labute approximate surface area is 66.3 Å². The van der Waals surface area contributed by atoms with E-state index in [0.717, 1.165) is 5.70 Å². The molecule has 11 heavy (non-hydrogen) atoms. The number of carbonyl (C=O) groups is 1. The van der Waals surface area contributed by atoms with E-state index in [4.69, 9.17) is 0 Å². The SMILES string of the molecule is CC1=C(N(C)C)C(C)(O)C1=O. The van der Waals surface area contributed by atoms with Gasteiger partial charge in [0, 0.05) is 19.7 Å². The molecule has 0 aromatic rings. The second kappa shape index (κ2) is 2.08. The first-order chi connectivity index (χ1) is 4.89. The largest absolute Gasteiger partial charge is 0.378 e. The number of hydrogen-bond donors (Lipinski definition) is 1. The Hall–Kier alpha value is -0.830. The molecule has 0 saturated carbocycles. The van der Waals surface area contributed by atoms with E-state index in [2.05, 4.69) is 0 Å². The fraction of sp³-hybridized carbons (Fsp3) is 0.625. The molecule has 1 atom stereocenters. The van der Waals surface area contributed by atoms with E-state index in [9.17, 15) is 9.90 Å². The smallest absolute Gasteiger partial charge is 0.197 e. The Balaban J connectivity index is 3.06. The maximum Gasteiger partial charge on any atom is 0.197 e. The van der Waals surface area contributed by atoms with Gasteiger partial charge in [-0.25, -0.2) is 0 Å². The zero-order valence-electron chi connectivity index (χ0n) is 7.30. The summed E-state index contributed by atoms with van der Waals surface area (Å²) >= 11 is 0. The Kier molecular flexibility index (Phi) is 1.56. The van der Waals surface area contributed by atoms with Crippen molar-refractivity contribution in [1.82, 2.24) is 4.90 Å². The maximum absolute atomic E-state index is 11.1. The zero-order valence-corrected chi connectivity index (χ0v) is 7.30. The predicted octanol–water partition coefficient (Wildman–Crippen LogP) is 0.156. The van der Waals surface area contributed by atoms with Crippen LogP contribution in [0.1, 0.15) is 13.8 Å². The van der Waals surface area contributed by atoms with Gasteiger partial charge in [-0.1, -0.05) is 0 Å². The van der Waals surface area contributed by atoms with E-state index < -0.39 is 5.60 Å². The van der Waals surface area contributed by atoms with Crippen molar-refractivity contribution in [2.45, 2.75) is 19.4 Å². The first-order valence-corrected chi connectivity index (χ1v) is 3.55. The van der Waals surface area contributed by atoms with Crippen molar-refractivity contribution < 1.29 is 9.90 Å². The summed E-state index contributed by atoms with van der Waals surface area (Å²) in [5.74, 6) is -0.166. The lowest BCUT2D eigenvalue weighted by Gasteiger charge is -2.39. The van der Waals surface area contributed by atoms with Crippen LogP contribution in [0.25, 0.3) is 0 Å². The van der Waals surface area contributed by atoms with E-state index in [-0.39, 0.29) is 5.78 Å². The van der Waals surface area contributed by atoms with Gasteiger partial charge in [-0.3, -0.25) is 4.79 Å². The lowest BCUT2D eigenvalue weighted by Crippen LogP contribution is -2.52. The standard InChI is InChI=1S/C8H13NO2/c1-5-6(9(3)4)8(2,11)7(5)10/h11H,1-4H3. The molecule has 3 nitrogen and oxygen atoms in total. The van der Waals surface area contributed by atoms with Crippen molar-refractivity contribution in [3.63, 3.8) is 0 Å². The quantitative estimate of drug-likeness (QED) is 0.586. The number of likely N-dealkylation sites (N-methyl/N-ethyl adjacent to an activating group) is 1. The van der Waals surface area contributed by atoms with Crippen molar-refractivity contribution in [2.24, 2.45) is 0 Å². The summed E-state index contributed by atoms with van der Waals surface area (Å²) in [7, 11) is 3.64. The van der Waals surface area contributed by atoms with Crippen molar-refractivity contribution in [3.05, 3.63) is 11.3 Å². The fourth-order valence-corrected chi connectivity index (χ4v) is 1.65. The van der Waals surface area contributed by atoms with Crippen molar-refractivity contribution in [3.8, 4) is 0 Å². The molecule has 1 aliphatic carbocycles. The first-order valence-electron chi connectivity index (χ1n) is 3.55. The average Bonchev–Trinajstić information content (AvgIpc) is 1.85. The second-order valence-electron chi connectivity index (χ2n) is 3.27. The van der Waals surface area contributed by atoms with Crippen LogP contribution in [0.4, 0.5) is 0 Å². The molecule has 0 radical (unpaired) electrons. The molecular formula is C8H13NO2. The molecule has 0 saturated heterocycles. The Morgan fingerprint density at radius 2 is 1.91 bits per heavy atom. The van der Waals surface area contributed by atoms with Crippen LogP contribution in [0.3, 0.4) is 0 Å². The highest BCUT2D eigenvalue weighted by Crippen LogP contribution is 2.35. The van der Waals surface area contributed by atoms with Gasteiger partial charge in [0.05, 0.1) is 5.70 Å². The van der Waals surface area contributed by atoms with Crippen LogP contribution >= 0.6 is 0 Å². The summed E-state index contributed by atoms with van der Waals surface area (Å²) in [5.41, 5.74) is 0.149. The van der Waals surface area contributed by atoms with Gasteiger partial charge in [0.15, 0.2) is 11.4 Å². The molecule has 1 aliphatic rings. The maximum atomic E-state index is 11.1. The van der Waals surface area contributed by atoms with Crippen molar-refractivity contribution >= 4 is 5.78 Å². The van der Waals surface area contributed by atoms with E-state index in [1.54, 1.807) is 11.8 Å². The molecule has 62 valence electrons. The molecule has 1 unspecified atom stereocenters. The van der Waals surface area contributed by atoms with Gasteiger partial charge in [-0.15, -0.1) is 0 Å². The summed E-state index contributed by atoms with van der Waals surface area (Å²) in [6.45, 7) is 3.26. The molecular weight excluding hydrogens is 142 g/mol. The molecule has 0 spiro atoms. The van der Waals surface area contributed by atoms with Gasteiger partial charge in [0.2, 0.25) is 0 Å². The van der Waals surface area contributed by atoms with Crippen molar-refractivity contribution in [1.29, 1.82) is 0 Å². The number of Topliss-reactive ketones (excluding diaryl/α,β-unsaturated/α-hetero) is 1. The van der Waals surface area contributed by atoms with Gasteiger partial charge in [0.1, 0.15) is 0 Å². The van der Waals surface area contributed by atoms with Crippen LogP contribution in [-0.4, -0.2) is 35.5 Å². The van der Waals surface area contributed by atoms with Crippen LogP contribution in [0.2, 0.25) is 0 Å². The summed E-state index contributed by atoms with van der Waals surface area (Å²) < 4.78 is 0. The minimum atomic E-state index is -1.24. The number of nitrogens with zero attached hydrogens (tertiary/aromatic N) is 1. The minimum absolute atomic E-state index is 0.166. The summed E-state index contributed by atoms with van der Waals surface area (Å²) in [5, 5.41) is 9.53. The third kappa shape index (κ3) is 0.878. The van der Waals surface area contributed by atoms with Gasteiger partial charge in [-0.2, -0.15) is 0 Å². The van der Waals surface area contributed by atoms with Crippen LogP contribution in [0.5, 0.6) is 0 Å². The van der Waals surface area contributed by atoms with E-state index in [1.165, 1.54) is 6.92 Å². The summed E-state index contributed by atoms with van der Waals surface area (Å²) in [6.07, 6.45) is 0. The topological polar surface area (TPSA) is 40.5 Å². The third-order valence-electron chi connectivity index (χ3n) is 2.05. The number of rotatable bonds is 1. The molecule has 0 aliphatic heterocycles. The van der Waals surface area contributed by atoms with E-state index in [0.29, 0.717) is 5.57 Å². The molecule has 0 aromatic carbocycles. The molecule has 0 amide bonds. The zero-order chi connectivity index (χ0) is 8.81. The Morgan fingerprint density at radius 3 is 2.09 bits per heavy atom. The average molecular weight is 155 g/mol. The molecule has 1 rings (SSSR count). The summed E-state index contributed by atoms with van der Waals surface area (Å²) in [6, 6.07) is 0. The minimum Gasteiger partial charge on any atom is -0.378 e. The lowest BCUT2D eigenvalue weighted by atomic mass is 9.78. The van der Waals surface area contributed by atoms with Gasteiger partial charge in [0.25, 0.3) is 0 Å². The van der Waals surface area contributed by atoms with Crippen molar-refractivity contribution in [2.75, 3.05) is 14.1 Å². The normalized spacial score (nSPS) is 30.5. The van der Waals surface area contributed by atoms with Crippen LogP contribution in [0, 0.1) is 0 Å². The monoisotopic (exact) mass is 155 g/mol. The van der Waals surface area contributed by atoms with Gasteiger partial charge in [-0.05, 0) is 13.8 Å². The lowest BCUT2D eigenvalue weighted by molar-refractivity contribution is -0.134. The number of carbonyl (C=O) groups excluding carboxylic acids is 1. The van der Waals surface area contributed by atoms with Gasteiger partial charge < -0.3 is 10.0 Å². The highest BCUT2D eigenvalue weighted by atomic mass is 16.3. The molecule has 1 N–H and O–H groups in total. The van der Waals surface area contributed by atoms with Gasteiger partial charge >= 0.3 is 0 Å². The highest BCUT2D eigenvalue weighted by Gasteiger charge is 2.47. The van der Waals surface area contributed by atoms with E-state index in [1.807, 2.05) is 14.1 Å². The Bertz CT molecular complexity index is 238. The molecule has 3 heteroatoms. The Morgan fingerprint density at radius 1 is 1.45 bits per heavy atom. The summed E-state index contributed by atoms with van der Waals surface area (Å²) in [4.78, 5) is 12.8. The molecule has 0 bridgehead atoms. The fourth-order valence-electron chi connectivity index (χ4n) is 1.65. The third-order valence-corrected chi connectivity index (χ3v) is 2.05. The molecule has 0 heterocycles. The van der Waals surface area contributed by atoms with E-state index >= 15 is 0 Å².